The molecule has 1 aliphatic rings. The SMILES string of the molecule is CC1(c2ncc(C=O)s2)CCC1. The normalized spacial score (nSPS) is 20.1. The van der Waals surface area contributed by atoms with Crippen LogP contribution in [0.5, 0.6) is 0 Å². The fourth-order valence-electron chi connectivity index (χ4n) is 1.54. The van der Waals surface area contributed by atoms with Crippen molar-refractivity contribution in [1.82, 2.24) is 4.98 Å². The van der Waals surface area contributed by atoms with E-state index in [-0.39, 0.29) is 5.41 Å². The Balaban J connectivity index is 2.27. The highest BCUT2D eigenvalue weighted by atomic mass is 32.1. The number of aromatic nitrogens is 1. The van der Waals surface area contributed by atoms with Crippen LogP contribution in [0, 0.1) is 0 Å². The quantitative estimate of drug-likeness (QED) is 0.656. The van der Waals surface area contributed by atoms with E-state index in [9.17, 15) is 4.79 Å². The zero-order chi connectivity index (χ0) is 8.60. The van der Waals surface area contributed by atoms with Crippen LogP contribution in [-0.4, -0.2) is 11.3 Å². The highest BCUT2D eigenvalue weighted by molar-refractivity contribution is 7.13. The standard InChI is InChI=1S/C9H11NOS/c1-9(3-2-4-9)8-10-5-7(6-11)12-8/h5-6H,2-4H2,1H3. The Kier molecular flexibility index (Phi) is 1.76. The lowest BCUT2D eigenvalue weighted by molar-refractivity contribution is 0.112. The fraction of sp³-hybridized carbons (Fsp3) is 0.556. The van der Waals surface area contributed by atoms with Crippen molar-refractivity contribution in [2.75, 3.05) is 0 Å². The summed E-state index contributed by atoms with van der Waals surface area (Å²) in [5.41, 5.74) is 0.284. The van der Waals surface area contributed by atoms with Gasteiger partial charge in [-0.05, 0) is 12.8 Å². The van der Waals surface area contributed by atoms with Crippen LogP contribution >= 0.6 is 11.3 Å². The van der Waals surface area contributed by atoms with Crippen LogP contribution in [0.15, 0.2) is 6.20 Å². The molecule has 0 radical (unpaired) electrons. The molecular formula is C9H11NOS. The van der Waals surface area contributed by atoms with Crippen LogP contribution in [0.25, 0.3) is 0 Å². The summed E-state index contributed by atoms with van der Waals surface area (Å²) in [5, 5.41) is 1.14. The first-order valence-corrected chi connectivity index (χ1v) is 4.98. The molecule has 0 saturated heterocycles. The van der Waals surface area contributed by atoms with Crippen LogP contribution in [0.4, 0.5) is 0 Å². The Bertz CT molecular complexity index is 301. The summed E-state index contributed by atoms with van der Waals surface area (Å²) in [7, 11) is 0. The molecule has 2 nitrogen and oxygen atoms in total. The van der Waals surface area contributed by atoms with E-state index in [0.29, 0.717) is 0 Å². The van der Waals surface area contributed by atoms with Gasteiger partial charge in [-0.2, -0.15) is 0 Å². The Morgan fingerprint density at radius 1 is 1.67 bits per heavy atom. The number of carbonyl (C=O) groups is 1. The summed E-state index contributed by atoms with van der Waals surface area (Å²) in [4.78, 5) is 15.4. The third kappa shape index (κ3) is 1.08. The maximum absolute atomic E-state index is 10.4. The monoisotopic (exact) mass is 181 g/mol. The highest BCUT2D eigenvalue weighted by Crippen LogP contribution is 2.44. The van der Waals surface area contributed by atoms with E-state index in [4.69, 9.17) is 0 Å². The molecule has 1 aromatic heterocycles. The smallest absolute Gasteiger partial charge is 0.161 e. The van der Waals surface area contributed by atoms with E-state index < -0.39 is 0 Å². The molecule has 3 heteroatoms. The molecule has 0 aromatic carbocycles. The molecular weight excluding hydrogens is 170 g/mol. The average molecular weight is 181 g/mol. The first kappa shape index (κ1) is 7.92. The van der Waals surface area contributed by atoms with Gasteiger partial charge in [0.25, 0.3) is 0 Å². The molecule has 1 aromatic rings. The maximum Gasteiger partial charge on any atom is 0.161 e. The number of thiazole rings is 1. The van der Waals surface area contributed by atoms with E-state index in [1.165, 1.54) is 30.6 Å². The summed E-state index contributed by atoms with van der Waals surface area (Å²) in [6.45, 7) is 2.23. The zero-order valence-electron chi connectivity index (χ0n) is 7.04. The molecule has 0 unspecified atom stereocenters. The lowest BCUT2D eigenvalue weighted by atomic mass is 9.71. The van der Waals surface area contributed by atoms with Gasteiger partial charge in [-0.15, -0.1) is 11.3 Å². The predicted octanol–water partition coefficient (Wildman–Crippen LogP) is 2.40. The Morgan fingerprint density at radius 2 is 2.42 bits per heavy atom. The van der Waals surface area contributed by atoms with Gasteiger partial charge in [-0.25, -0.2) is 4.98 Å². The second-order valence-corrected chi connectivity index (χ2v) is 4.66. The molecule has 2 rings (SSSR count). The number of aldehydes is 1. The van der Waals surface area contributed by atoms with Crippen LogP contribution in [0.1, 0.15) is 40.9 Å². The van der Waals surface area contributed by atoms with Crippen molar-refractivity contribution >= 4 is 17.6 Å². The van der Waals surface area contributed by atoms with Crippen molar-refractivity contribution < 1.29 is 4.79 Å². The molecule has 1 fully saturated rings. The molecule has 0 amide bonds. The van der Waals surface area contributed by atoms with Gasteiger partial charge in [-0.1, -0.05) is 13.3 Å². The second-order valence-electron chi connectivity index (χ2n) is 3.60. The minimum absolute atomic E-state index is 0.284. The Labute approximate surface area is 75.6 Å². The largest absolute Gasteiger partial charge is 0.297 e. The lowest BCUT2D eigenvalue weighted by Gasteiger charge is -2.36. The van der Waals surface area contributed by atoms with Crippen LogP contribution in [0.2, 0.25) is 0 Å². The van der Waals surface area contributed by atoms with Crippen molar-refractivity contribution in [2.24, 2.45) is 0 Å². The Morgan fingerprint density at radius 3 is 2.83 bits per heavy atom. The topological polar surface area (TPSA) is 30.0 Å². The molecule has 64 valence electrons. The predicted molar refractivity (Wildman–Crippen MR) is 48.7 cm³/mol. The van der Waals surface area contributed by atoms with E-state index in [0.717, 1.165) is 16.2 Å². The summed E-state index contributed by atoms with van der Waals surface area (Å²) >= 11 is 1.54. The Hall–Kier alpha value is -0.700. The molecule has 0 N–H and O–H groups in total. The van der Waals surface area contributed by atoms with Gasteiger partial charge in [0, 0.05) is 11.6 Å². The first-order chi connectivity index (χ1) is 5.74. The first-order valence-electron chi connectivity index (χ1n) is 4.16. The van der Waals surface area contributed by atoms with E-state index in [1.54, 1.807) is 6.20 Å². The summed E-state index contributed by atoms with van der Waals surface area (Å²) in [5.74, 6) is 0. The third-order valence-electron chi connectivity index (χ3n) is 2.61. The minimum atomic E-state index is 0.284. The number of carbonyl (C=O) groups excluding carboxylic acids is 1. The minimum Gasteiger partial charge on any atom is -0.297 e. The molecule has 0 aliphatic heterocycles. The van der Waals surface area contributed by atoms with E-state index in [1.807, 2.05) is 0 Å². The lowest BCUT2D eigenvalue weighted by Crippen LogP contribution is -2.29. The van der Waals surface area contributed by atoms with Crippen LogP contribution in [0.3, 0.4) is 0 Å². The molecule has 12 heavy (non-hydrogen) atoms. The molecule has 1 heterocycles. The van der Waals surface area contributed by atoms with Crippen LogP contribution in [-0.2, 0) is 5.41 Å². The number of hydrogen-bond acceptors (Lipinski definition) is 3. The molecule has 1 aliphatic carbocycles. The van der Waals surface area contributed by atoms with Gasteiger partial charge in [0.1, 0.15) is 0 Å². The van der Waals surface area contributed by atoms with Crippen molar-refractivity contribution in [3.63, 3.8) is 0 Å². The molecule has 0 bridgehead atoms. The third-order valence-corrected chi connectivity index (χ3v) is 3.84. The second kappa shape index (κ2) is 2.66. The van der Waals surface area contributed by atoms with Gasteiger partial charge in [-0.3, -0.25) is 4.79 Å². The van der Waals surface area contributed by atoms with Gasteiger partial charge >= 0.3 is 0 Å². The van der Waals surface area contributed by atoms with Gasteiger partial charge in [0.2, 0.25) is 0 Å². The van der Waals surface area contributed by atoms with Gasteiger partial charge in [0.15, 0.2) is 6.29 Å². The summed E-state index contributed by atoms with van der Waals surface area (Å²) in [6.07, 6.45) is 6.30. The summed E-state index contributed by atoms with van der Waals surface area (Å²) < 4.78 is 0. The maximum atomic E-state index is 10.4. The fourth-order valence-corrected chi connectivity index (χ4v) is 2.47. The van der Waals surface area contributed by atoms with Crippen LogP contribution < -0.4 is 0 Å². The van der Waals surface area contributed by atoms with E-state index >= 15 is 0 Å². The number of nitrogens with zero attached hydrogens (tertiary/aromatic N) is 1. The van der Waals surface area contributed by atoms with Gasteiger partial charge < -0.3 is 0 Å². The highest BCUT2D eigenvalue weighted by Gasteiger charge is 2.36. The zero-order valence-corrected chi connectivity index (χ0v) is 7.86. The van der Waals surface area contributed by atoms with Crippen molar-refractivity contribution in [1.29, 1.82) is 0 Å². The van der Waals surface area contributed by atoms with Crippen molar-refractivity contribution in [2.45, 2.75) is 31.6 Å². The molecule has 0 atom stereocenters. The molecule has 0 spiro atoms. The number of hydrogen-bond donors (Lipinski definition) is 0. The molecule has 1 saturated carbocycles. The van der Waals surface area contributed by atoms with E-state index in [2.05, 4.69) is 11.9 Å². The van der Waals surface area contributed by atoms with Crippen molar-refractivity contribution in [3.05, 3.63) is 16.1 Å². The average Bonchev–Trinajstić information content (AvgIpc) is 2.48. The van der Waals surface area contributed by atoms with Gasteiger partial charge in [0.05, 0.1) is 9.88 Å². The number of rotatable bonds is 2. The van der Waals surface area contributed by atoms with Crippen molar-refractivity contribution in [3.8, 4) is 0 Å². The summed E-state index contributed by atoms with van der Waals surface area (Å²) in [6, 6.07) is 0.